The van der Waals surface area contributed by atoms with Crippen molar-refractivity contribution >= 4 is 28.8 Å². The summed E-state index contributed by atoms with van der Waals surface area (Å²) < 4.78 is 0. The minimum Gasteiger partial charge on any atom is -0.350 e. The number of rotatable bonds is 4. The summed E-state index contributed by atoms with van der Waals surface area (Å²) in [5, 5.41) is 3.30. The molecule has 0 radical (unpaired) electrons. The predicted molar refractivity (Wildman–Crippen MR) is 126 cm³/mol. The maximum Gasteiger partial charge on any atom is 0.282 e. The van der Waals surface area contributed by atoms with Crippen molar-refractivity contribution in [3.8, 4) is 0 Å². The molecule has 2 amide bonds. The fourth-order valence-electron chi connectivity index (χ4n) is 4.00. The first kappa shape index (κ1) is 20.6. The number of nitrogens with zero attached hydrogens (tertiary/aromatic N) is 1. The molecule has 0 aliphatic carbocycles. The molecule has 3 aromatic carbocycles. The minimum absolute atomic E-state index is 0.310. The maximum absolute atomic E-state index is 13.6. The highest BCUT2D eigenvalue weighted by Gasteiger charge is 2.40. The molecule has 4 heteroatoms. The summed E-state index contributed by atoms with van der Waals surface area (Å²) in [6, 6.07) is 19.4. The number of anilines is 2. The van der Waals surface area contributed by atoms with Crippen molar-refractivity contribution in [2.75, 3.05) is 10.2 Å². The van der Waals surface area contributed by atoms with Gasteiger partial charge in [-0.25, -0.2) is 4.90 Å². The van der Waals surface area contributed by atoms with Crippen LogP contribution in [0.5, 0.6) is 0 Å². The molecular weight excluding hydrogens is 384 g/mol. The van der Waals surface area contributed by atoms with Crippen molar-refractivity contribution in [3.05, 3.63) is 99.7 Å². The first-order valence-electron chi connectivity index (χ1n) is 10.4. The lowest BCUT2D eigenvalue weighted by Crippen LogP contribution is -2.32. The van der Waals surface area contributed by atoms with Crippen LogP contribution in [0.1, 0.15) is 33.4 Å². The van der Waals surface area contributed by atoms with Gasteiger partial charge in [0.2, 0.25) is 0 Å². The van der Waals surface area contributed by atoms with Gasteiger partial charge in [-0.2, -0.15) is 0 Å². The van der Waals surface area contributed by atoms with E-state index in [2.05, 4.69) is 5.32 Å². The third-order valence-electron chi connectivity index (χ3n) is 5.65. The quantitative estimate of drug-likeness (QED) is 0.568. The third kappa shape index (κ3) is 3.77. The van der Waals surface area contributed by atoms with Crippen LogP contribution in [0.2, 0.25) is 0 Å². The van der Waals surface area contributed by atoms with Crippen molar-refractivity contribution < 1.29 is 9.59 Å². The maximum atomic E-state index is 13.6. The van der Waals surface area contributed by atoms with E-state index in [1.165, 1.54) is 4.90 Å². The number of hydrogen-bond acceptors (Lipinski definition) is 3. The van der Waals surface area contributed by atoms with Gasteiger partial charge < -0.3 is 5.32 Å². The van der Waals surface area contributed by atoms with E-state index in [1.807, 2.05) is 89.2 Å². The Labute approximate surface area is 183 Å². The van der Waals surface area contributed by atoms with E-state index in [1.54, 1.807) is 6.07 Å². The Morgan fingerprint density at radius 3 is 2.06 bits per heavy atom. The second-order valence-electron chi connectivity index (χ2n) is 8.30. The molecule has 0 spiro atoms. The van der Waals surface area contributed by atoms with E-state index in [0.717, 1.165) is 39.1 Å². The van der Waals surface area contributed by atoms with Crippen LogP contribution >= 0.6 is 0 Å². The number of nitrogens with one attached hydrogen (secondary N) is 1. The molecule has 1 N–H and O–H groups in total. The fourth-order valence-corrected chi connectivity index (χ4v) is 4.00. The van der Waals surface area contributed by atoms with Crippen LogP contribution in [0.25, 0.3) is 5.57 Å². The normalized spacial score (nSPS) is 13.9. The van der Waals surface area contributed by atoms with Crippen LogP contribution in [0.4, 0.5) is 11.4 Å². The smallest absolute Gasteiger partial charge is 0.282 e. The summed E-state index contributed by atoms with van der Waals surface area (Å²) in [7, 11) is 0. The molecule has 1 heterocycles. The Morgan fingerprint density at radius 1 is 0.677 bits per heavy atom. The second-order valence-corrected chi connectivity index (χ2v) is 8.30. The van der Waals surface area contributed by atoms with Crippen molar-refractivity contribution in [1.82, 2.24) is 0 Å². The minimum atomic E-state index is -0.341. The van der Waals surface area contributed by atoms with E-state index in [0.29, 0.717) is 17.0 Å². The lowest BCUT2D eigenvalue weighted by atomic mass is 9.97. The van der Waals surface area contributed by atoms with Crippen molar-refractivity contribution in [1.29, 1.82) is 0 Å². The number of amides is 2. The Hall–Kier alpha value is -3.66. The van der Waals surface area contributed by atoms with Crippen LogP contribution in [0.15, 0.2) is 66.4 Å². The zero-order chi connectivity index (χ0) is 22.3. The topological polar surface area (TPSA) is 49.4 Å². The Balaban J connectivity index is 1.89. The van der Waals surface area contributed by atoms with Crippen LogP contribution in [0, 0.1) is 34.6 Å². The SMILES string of the molecule is Cc1cccc(N2C(=O)C(Nc3cc(C)ccc3C)=C(c3ccc(C)cc3C)C2=O)c1. The number of imide groups is 1. The van der Waals surface area contributed by atoms with Gasteiger partial charge in [-0.1, -0.05) is 48.0 Å². The molecule has 0 saturated carbocycles. The Bertz CT molecular complexity index is 1250. The van der Waals surface area contributed by atoms with Crippen LogP contribution in [-0.4, -0.2) is 11.8 Å². The monoisotopic (exact) mass is 410 g/mol. The van der Waals surface area contributed by atoms with Gasteiger partial charge in [-0.05, 0) is 80.6 Å². The molecule has 0 fully saturated rings. The van der Waals surface area contributed by atoms with Crippen molar-refractivity contribution in [2.24, 2.45) is 0 Å². The number of benzene rings is 3. The van der Waals surface area contributed by atoms with Crippen LogP contribution in [-0.2, 0) is 9.59 Å². The molecule has 4 nitrogen and oxygen atoms in total. The summed E-state index contributed by atoms with van der Waals surface area (Å²) in [4.78, 5) is 28.5. The molecule has 0 saturated heterocycles. The average molecular weight is 411 g/mol. The van der Waals surface area contributed by atoms with Gasteiger partial charge in [0.15, 0.2) is 0 Å². The largest absolute Gasteiger partial charge is 0.350 e. The second kappa shape index (κ2) is 7.88. The standard InChI is InChI=1S/C27H26N2O2/c1-16-7-6-8-21(14-16)29-26(30)24(22-12-10-17(2)13-20(22)5)25(27(29)31)28-23-15-18(3)9-11-19(23)4/h6-15,28H,1-5H3. The number of hydrogen-bond donors (Lipinski definition) is 1. The molecule has 4 rings (SSSR count). The van der Waals surface area contributed by atoms with Gasteiger partial charge >= 0.3 is 0 Å². The lowest BCUT2D eigenvalue weighted by molar-refractivity contribution is -0.120. The summed E-state index contributed by atoms with van der Waals surface area (Å²) in [5.41, 5.74) is 8.03. The molecule has 3 aromatic rings. The van der Waals surface area contributed by atoms with Gasteiger partial charge in [0.25, 0.3) is 11.8 Å². The molecule has 0 bridgehead atoms. The molecule has 1 aliphatic heterocycles. The van der Waals surface area contributed by atoms with Gasteiger partial charge in [0, 0.05) is 5.69 Å². The number of aryl methyl sites for hydroxylation is 5. The van der Waals surface area contributed by atoms with E-state index in [-0.39, 0.29) is 11.8 Å². The predicted octanol–water partition coefficient (Wildman–Crippen LogP) is 5.63. The molecule has 0 aromatic heterocycles. The molecule has 31 heavy (non-hydrogen) atoms. The first-order chi connectivity index (χ1) is 14.8. The summed E-state index contributed by atoms with van der Waals surface area (Å²) in [6.45, 7) is 9.92. The average Bonchev–Trinajstić information content (AvgIpc) is 2.95. The van der Waals surface area contributed by atoms with Crippen LogP contribution in [0.3, 0.4) is 0 Å². The third-order valence-corrected chi connectivity index (χ3v) is 5.65. The van der Waals surface area contributed by atoms with E-state index in [9.17, 15) is 9.59 Å². The Kier molecular flexibility index (Phi) is 5.24. The molecule has 156 valence electrons. The number of carbonyl (C=O) groups excluding carboxylic acids is 2. The van der Waals surface area contributed by atoms with E-state index >= 15 is 0 Å². The van der Waals surface area contributed by atoms with E-state index < -0.39 is 0 Å². The van der Waals surface area contributed by atoms with Gasteiger partial charge in [0.05, 0.1) is 11.3 Å². The number of carbonyl (C=O) groups is 2. The van der Waals surface area contributed by atoms with Gasteiger partial charge in [0.1, 0.15) is 5.70 Å². The van der Waals surface area contributed by atoms with E-state index in [4.69, 9.17) is 0 Å². The van der Waals surface area contributed by atoms with Crippen molar-refractivity contribution in [2.45, 2.75) is 34.6 Å². The summed E-state index contributed by atoms with van der Waals surface area (Å²) >= 11 is 0. The van der Waals surface area contributed by atoms with Gasteiger partial charge in [-0.3, -0.25) is 9.59 Å². The zero-order valence-corrected chi connectivity index (χ0v) is 18.5. The lowest BCUT2D eigenvalue weighted by Gasteiger charge is -2.16. The molecule has 0 atom stereocenters. The highest BCUT2D eigenvalue weighted by Crippen LogP contribution is 2.36. The summed E-state index contributed by atoms with van der Waals surface area (Å²) in [6.07, 6.45) is 0. The van der Waals surface area contributed by atoms with Crippen LogP contribution < -0.4 is 10.2 Å². The molecular formula is C27H26N2O2. The molecule has 0 unspecified atom stereocenters. The molecule has 1 aliphatic rings. The summed E-state index contributed by atoms with van der Waals surface area (Å²) in [5.74, 6) is -0.651. The van der Waals surface area contributed by atoms with Crippen molar-refractivity contribution in [3.63, 3.8) is 0 Å². The first-order valence-corrected chi connectivity index (χ1v) is 10.4. The Morgan fingerprint density at radius 2 is 1.35 bits per heavy atom. The zero-order valence-electron chi connectivity index (χ0n) is 18.5. The highest BCUT2D eigenvalue weighted by molar-refractivity contribution is 6.46. The highest BCUT2D eigenvalue weighted by atomic mass is 16.2. The fraction of sp³-hybridized carbons (Fsp3) is 0.185. The van der Waals surface area contributed by atoms with Gasteiger partial charge in [-0.15, -0.1) is 0 Å².